The molecule has 0 radical (unpaired) electrons. The van der Waals surface area contributed by atoms with E-state index in [0.29, 0.717) is 12.4 Å². The van der Waals surface area contributed by atoms with Crippen LogP contribution < -0.4 is 10.6 Å². The number of urea groups is 1. The molecule has 0 aromatic carbocycles. The van der Waals surface area contributed by atoms with Gasteiger partial charge in [-0.2, -0.15) is 0 Å². The van der Waals surface area contributed by atoms with Gasteiger partial charge in [0, 0.05) is 41.8 Å². The van der Waals surface area contributed by atoms with Gasteiger partial charge in [0.15, 0.2) is 0 Å². The van der Waals surface area contributed by atoms with E-state index in [0.717, 1.165) is 52.2 Å². The highest BCUT2D eigenvalue weighted by molar-refractivity contribution is 7.14. The first-order valence-corrected chi connectivity index (χ1v) is 11.4. The number of hydrogen-bond acceptors (Lipinski definition) is 7. The minimum absolute atomic E-state index is 0.118. The summed E-state index contributed by atoms with van der Waals surface area (Å²) in [6, 6.07) is 4.37. The topological polar surface area (TPSA) is 95.9 Å². The van der Waals surface area contributed by atoms with Crippen LogP contribution in [0.4, 0.5) is 15.0 Å². The molecule has 2 saturated heterocycles. The van der Waals surface area contributed by atoms with Crippen molar-refractivity contribution >= 4 is 34.1 Å². The molecule has 2 bridgehead atoms. The highest BCUT2D eigenvalue weighted by atomic mass is 32.1. The Hall–Kier alpha value is -2.72. The molecular weight excluding hydrogens is 417 g/mol. The van der Waals surface area contributed by atoms with Gasteiger partial charge in [0.1, 0.15) is 22.5 Å². The summed E-state index contributed by atoms with van der Waals surface area (Å²) < 4.78 is 12.5. The number of aromatic nitrogens is 4. The van der Waals surface area contributed by atoms with Gasteiger partial charge in [0.05, 0.1) is 11.7 Å². The van der Waals surface area contributed by atoms with Gasteiger partial charge < -0.3 is 10.2 Å². The molecule has 2 aliphatic rings. The zero-order chi connectivity index (χ0) is 21.4. The first-order chi connectivity index (χ1) is 15.1. The van der Waals surface area contributed by atoms with Gasteiger partial charge in [-0.3, -0.25) is 10.3 Å². The molecule has 2 fully saturated rings. The fourth-order valence-corrected chi connectivity index (χ4v) is 5.41. The Labute approximate surface area is 183 Å². The molecule has 5 heterocycles. The molecule has 0 unspecified atom stereocenters. The van der Waals surface area contributed by atoms with E-state index < -0.39 is 0 Å². The van der Waals surface area contributed by atoms with Crippen LogP contribution in [0.25, 0.3) is 21.5 Å². The number of nitrogens with zero attached hydrogens (tertiary/aromatic N) is 5. The van der Waals surface area contributed by atoms with Crippen molar-refractivity contribution in [2.24, 2.45) is 0 Å². The maximum Gasteiger partial charge on any atom is 0.323 e. The number of piperidine rings is 1. The highest BCUT2D eigenvalue weighted by Crippen LogP contribution is 2.36. The van der Waals surface area contributed by atoms with Crippen molar-refractivity contribution in [2.75, 3.05) is 18.5 Å². The van der Waals surface area contributed by atoms with Gasteiger partial charge in [-0.05, 0) is 44.7 Å². The second kappa shape index (κ2) is 8.43. The largest absolute Gasteiger partial charge is 0.323 e. The van der Waals surface area contributed by atoms with E-state index in [2.05, 4.69) is 30.8 Å². The third kappa shape index (κ3) is 4.09. The number of pyridine rings is 2. The normalized spacial score (nSPS) is 22.8. The van der Waals surface area contributed by atoms with Crippen LogP contribution in [0, 0.1) is 6.92 Å². The Morgan fingerprint density at radius 1 is 1.19 bits per heavy atom. The molecule has 3 aromatic heterocycles. The molecule has 10 heteroatoms. The number of halogens is 1. The van der Waals surface area contributed by atoms with Crippen molar-refractivity contribution in [3.63, 3.8) is 0 Å². The van der Waals surface area contributed by atoms with E-state index >= 15 is 0 Å². The SMILES string of the molecule is Cc1nnc(-c2cnc3cnc(NC(=O)N4[C@@H]5CC[C@H]4C[C@H](NCCF)C5)cc3c2)s1. The zero-order valence-corrected chi connectivity index (χ0v) is 18.0. The molecule has 2 amide bonds. The Bertz CT molecular complexity index is 1090. The summed E-state index contributed by atoms with van der Waals surface area (Å²) in [5.41, 5.74) is 1.64. The van der Waals surface area contributed by atoms with Crippen LogP contribution >= 0.6 is 11.3 Å². The number of nitrogens with one attached hydrogen (secondary N) is 2. The fraction of sp³-hybridized carbons (Fsp3) is 0.476. The molecule has 2 N–H and O–H groups in total. The lowest BCUT2D eigenvalue weighted by Gasteiger charge is -2.39. The number of anilines is 1. The highest BCUT2D eigenvalue weighted by Gasteiger charge is 2.43. The first-order valence-electron chi connectivity index (χ1n) is 10.6. The molecule has 3 aromatic rings. The number of carbonyl (C=O) groups excluding carboxylic acids is 1. The van der Waals surface area contributed by atoms with Crippen molar-refractivity contribution in [3.05, 3.63) is 29.5 Å². The smallest absolute Gasteiger partial charge is 0.318 e. The molecule has 0 aliphatic carbocycles. The summed E-state index contributed by atoms with van der Waals surface area (Å²) in [7, 11) is 0. The average molecular weight is 442 g/mol. The molecule has 2 aliphatic heterocycles. The summed E-state index contributed by atoms with van der Waals surface area (Å²) in [6.45, 7) is 1.93. The third-order valence-corrected chi connectivity index (χ3v) is 6.96. The van der Waals surface area contributed by atoms with Gasteiger partial charge in [-0.15, -0.1) is 10.2 Å². The van der Waals surface area contributed by atoms with Crippen LogP contribution in [0.1, 0.15) is 30.7 Å². The van der Waals surface area contributed by atoms with Crippen molar-refractivity contribution in [2.45, 2.75) is 50.7 Å². The summed E-state index contributed by atoms with van der Waals surface area (Å²) in [5.74, 6) is 0.502. The van der Waals surface area contributed by atoms with E-state index in [1.54, 1.807) is 12.4 Å². The molecular formula is C21H24FN7OS. The summed E-state index contributed by atoms with van der Waals surface area (Å²) in [4.78, 5) is 23.8. The van der Waals surface area contributed by atoms with Gasteiger partial charge in [-0.1, -0.05) is 11.3 Å². The van der Waals surface area contributed by atoms with E-state index in [9.17, 15) is 9.18 Å². The van der Waals surface area contributed by atoms with Crippen molar-refractivity contribution in [1.82, 2.24) is 30.4 Å². The van der Waals surface area contributed by atoms with E-state index in [1.165, 1.54) is 11.3 Å². The first kappa shape index (κ1) is 20.2. The maximum absolute atomic E-state index is 13.0. The summed E-state index contributed by atoms with van der Waals surface area (Å²) in [5, 5.41) is 17.1. The lowest BCUT2D eigenvalue weighted by atomic mass is 9.97. The van der Waals surface area contributed by atoms with Gasteiger partial charge in [-0.25, -0.2) is 14.2 Å². The van der Waals surface area contributed by atoms with Crippen molar-refractivity contribution in [3.8, 4) is 10.6 Å². The molecule has 3 atom stereocenters. The lowest BCUT2D eigenvalue weighted by Crippen LogP contribution is -2.53. The number of rotatable bonds is 5. The number of alkyl halides is 1. The van der Waals surface area contributed by atoms with Crippen LogP contribution in [-0.4, -0.2) is 62.4 Å². The number of fused-ring (bicyclic) bond motifs is 3. The van der Waals surface area contributed by atoms with Crippen LogP contribution in [0.5, 0.6) is 0 Å². The molecule has 0 saturated carbocycles. The number of carbonyl (C=O) groups is 1. The monoisotopic (exact) mass is 441 g/mol. The van der Waals surface area contributed by atoms with Gasteiger partial charge in [0.25, 0.3) is 0 Å². The number of aryl methyl sites for hydroxylation is 1. The molecule has 162 valence electrons. The predicted molar refractivity (Wildman–Crippen MR) is 118 cm³/mol. The van der Waals surface area contributed by atoms with Crippen LogP contribution in [0.15, 0.2) is 24.5 Å². The molecule has 0 spiro atoms. The van der Waals surface area contributed by atoms with E-state index in [4.69, 9.17) is 0 Å². The Morgan fingerprint density at radius 3 is 2.71 bits per heavy atom. The number of hydrogen-bond donors (Lipinski definition) is 2. The zero-order valence-electron chi connectivity index (χ0n) is 17.2. The second-order valence-electron chi connectivity index (χ2n) is 8.15. The Kier molecular flexibility index (Phi) is 5.49. The lowest BCUT2D eigenvalue weighted by molar-refractivity contribution is 0.141. The van der Waals surface area contributed by atoms with Crippen LogP contribution in [0.3, 0.4) is 0 Å². The fourth-order valence-electron chi connectivity index (χ4n) is 4.74. The van der Waals surface area contributed by atoms with Crippen LogP contribution in [0.2, 0.25) is 0 Å². The van der Waals surface area contributed by atoms with Crippen LogP contribution in [-0.2, 0) is 0 Å². The van der Waals surface area contributed by atoms with E-state index in [-0.39, 0.29) is 30.8 Å². The Morgan fingerprint density at radius 2 is 2.00 bits per heavy atom. The standard InChI is InChI=1S/C21H24FN7OS/c1-12-27-28-20(31-12)14-6-13-7-19(25-11-18(13)24-10-14)26-21(30)29-16-2-3-17(29)9-15(8-16)23-5-4-22/h6-7,10-11,15-17,23H,2-5,8-9H2,1H3,(H,25,26,30)/t15-,16-,17+. The molecule has 5 rings (SSSR count). The third-order valence-electron chi connectivity index (χ3n) is 6.07. The van der Waals surface area contributed by atoms with E-state index in [1.807, 2.05) is 24.0 Å². The van der Waals surface area contributed by atoms with Gasteiger partial charge in [0.2, 0.25) is 0 Å². The average Bonchev–Trinajstić information content (AvgIpc) is 3.32. The molecule has 31 heavy (non-hydrogen) atoms. The predicted octanol–water partition coefficient (Wildman–Crippen LogP) is 3.54. The van der Waals surface area contributed by atoms with Crippen molar-refractivity contribution in [1.29, 1.82) is 0 Å². The van der Waals surface area contributed by atoms with Crippen molar-refractivity contribution < 1.29 is 9.18 Å². The number of amides is 2. The maximum atomic E-state index is 13.0. The second-order valence-corrected chi connectivity index (χ2v) is 9.33. The quantitative estimate of drug-likeness (QED) is 0.629. The minimum atomic E-state index is -0.362. The van der Waals surface area contributed by atoms with Gasteiger partial charge >= 0.3 is 6.03 Å². The minimum Gasteiger partial charge on any atom is -0.318 e. The summed E-state index contributed by atoms with van der Waals surface area (Å²) in [6.07, 6.45) is 7.15. The summed E-state index contributed by atoms with van der Waals surface area (Å²) >= 11 is 1.52. The Balaban J connectivity index is 1.31. The molecule has 8 nitrogen and oxygen atoms in total.